The van der Waals surface area contributed by atoms with Crippen LogP contribution in [0, 0.1) is 11.7 Å². The summed E-state index contributed by atoms with van der Waals surface area (Å²) in [6, 6.07) is 7.12. The van der Waals surface area contributed by atoms with Crippen LogP contribution in [-0.2, 0) is 18.6 Å². The van der Waals surface area contributed by atoms with Crippen molar-refractivity contribution in [3.63, 3.8) is 0 Å². The van der Waals surface area contributed by atoms with Crippen LogP contribution in [0.5, 0.6) is 0 Å². The maximum Gasteiger partial charge on any atom is 0.255 e. The lowest BCUT2D eigenvalue weighted by Crippen LogP contribution is -2.38. The molecule has 2 aromatic rings. The normalized spacial score (nSPS) is 19.7. The van der Waals surface area contributed by atoms with Crippen molar-refractivity contribution < 1.29 is 4.39 Å². The summed E-state index contributed by atoms with van der Waals surface area (Å²) in [5, 5.41) is 3.58. The van der Waals surface area contributed by atoms with Crippen molar-refractivity contribution in [2.75, 3.05) is 12.3 Å². The summed E-state index contributed by atoms with van der Waals surface area (Å²) in [5.74, 6) is 2.88. The number of fused-ring (bicyclic) bond motifs is 1. The van der Waals surface area contributed by atoms with Crippen molar-refractivity contribution >= 4 is 29.7 Å². The van der Waals surface area contributed by atoms with E-state index >= 15 is 0 Å². The number of rotatable bonds is 5. The van der Waals surface area contributed by atoms with Gasteiger partial charge in [-0.2, -0.15) is 11.8 Å². The third kappa shape index (κ3) is 5.30. The maximum atomic E-state index is 13.2. The average molecular weight is 436 g/mol. The Labute approximate surface area is 181 Å². The number of hydrogen-bond acceptors (Lipinski definition) is 4. The molecule has 0 radical (unpaired) electrons. The lowest BCUT2D eigenvalue weighted by atomic mass is 9.86. The minimum atomic E-state index is -0.201. The number of H-pyrrole nitrogens is 1. The summed E-state index contributed by atoms with van der Waals surface area (Å²) in [6.07, 6.45) is 5.76. The van der Waals surface area contributed by atoms with Gasteiger partial charge >= 0.3 is 0 Å². The summed E-state index contributed by atoms with van der Waals surface area (Å²) < 4.78 is 13.2. The van der Waals surface area contributed by atoms with Crippen LogP contribution in [-0.4, -0.2) is 28.3 Å². The van der Waals surface area contributed by atoms with E-state index in [4.69, 9.17) is 4.98 Å². The van der Waals surface area contributed by atoms with E-state index in [1.807, 2.05) is 12.1 Å². The molecule has 0 amide bonds. The number of thioether (sulfide) groups is 1. The van der Waals surface area contributed by atoms with E-state index in [1.54, 1.807) is 11.8 Å². The second kappa shape index (κ2) is 9.92. The topological polar surface area (TPSA) is 57.8 Å². The molecular weight excluding hydrogens is 409 g/mol. The van der Waals surface area contributed by atoms with Crippen LogP contribution in [0.25, 0.3) is 5.57 Å². The first-order valence-corrected chi connectivity index (χ1v) is 11.1. The Balaban J connectivity index is 0.00000240. The molecule has 2 aliphatic heterocycles. The number of aromatic amines is 1. The average Bonchev–Trinajstić information content (AvgIpc) is 2.73. The van der Waals surface area contributed by atoms with Crippen LogP contribution in [0.4, 0.5) is 4.39 Å². The molecule has 0 fully saturated rings. The Morgan fingerprint density at radius 1 is 1.31 bits per heavy atom. The third-order valence-corrected chi connectivity index (χ3v) is 6.77. The molecule has 0 saturated heterocycles. The molecule has 2 unspecified atom stereocenters. The molecule has 4 rings (SSSR count). The molecule has 0 spiro atoms. The van der Waals surface area contributed by atoms with Gasteiger partial charge in [0.05, 0.1) is 5.69 Å². The predicted molar refractivity (Wildman–Crippen MR) is 120 cm³/mol. The van der Waals surface area contributed by atoms with Gasteiger partial charge in [-0.15, -0.1) is 12.4 Å². The van der Waals surface area contributed by atoms with Crippen LogP contribution in [0.2, 0.25) is 0 Å². The van der Waals surface area contributed by atoms with Crippen molar-refractivity contribution in [3.8, 4) is 0 Å². The van der Waals surface area contributed by atoms with Gasteiger partial charge in [0.25, 0.3) is 5.56 Å². The van der Waals surface area contributed by atoms with Gasteiger partial charge in [-0.1, -0.05) is 25.1 Å². The van der Waals surface area contributed by atoms with Gasteiger partial charge in [-0.3, -0.25) is 4.79 Å². The smallest absolute Gasteiger partial charge is 0.255 e. The molecule has 1 aromatic heterocycles. The van der Waals surface area contributed by atoms with Gasteiger partial charge in [-0.05, 0) is 54.2 Å². The first kappa shape index (κ1) is 22.1. The molecule has 0 bridgehead atoms. The predicted octanol–water partition coefficient (Wildman–Crippen LogP) is 4.13. The number of aryl methyl sites for hydroxylation is 2. The van der Waals surface area contributed by atoms with Gasteiger partial charge in [0.15, 0.2) is 0 Å². The highest BCUT2D eigenvalue weighted by Crippen LogP contribution is 2.27. The molecule has 1 aromatic carbocycles. The standard InChI is InChI=1S/C22H26FN3OS.ClH/c1-14(2-7-21-25-19-9-11-28-13-18(19)22(27)26-21)20-12-16(8-10-24-20)15-3-5-17(23)6-4-15;/h3-6,8,14,20,24H,2,7,9-13H2,1H3,(H,25,26,27);1H. The number of nitrogens with zero attached hydrogens (tertiary/aromatic N) is 1. The van der Waals surface area contributed by atoms with E-state index in [0.717, 1.165) is 66.4 Å². The molecule has 2 N–H and O–H groups in total. The summed E-state index contributed by atoms with van der Waals surface area (Å²) in [4.78, 5) is 20.0. The molecule has 4 nitrogen and oxygen atoms in total. The number of hydrogen-bond donors (Lipinski definition) is 2. The minimum absolute atomic E-state index is 0. The van der Waals surface area contributed by atoms with Gasteiger partial charge in [0.2, 0.25) is 0 Å². The Bertz CT molecular complexity index is 929. The van der Waals surface area contributed by atoms with Crippen LogP contribution < -0.4 is 10.9 Å². The van der Waals surface area contributed by atoms with E-state index < -0.39 is 0 Å². The molecule has 2 aliphatic rings. The molecule has 3 heterocycles. The first-order chi connectivity index (χ1) is 13.6. The Kier molecular flexibility index (Phi) is 7.55. The first-order valence-electron chi connectivity index (χ1n) is 9.97. The zero-order valence-electron chi connectivity index (χ0n) is 16.5. The largest absolute Gasteiger partial charge is 0.310 e. The fourth-order valence-corrected chi connectivity index (χ4v) is 4.99. The van der Waals surface area contributed by atoms with Crippen LogP contribution in [0.3, 0.4) is 0 Å². The van der Waals surface area contributed by atoms with Gasteiger partial charge in [-0.25, -0.2) is 9.37 Å². The van der Waals surface area contributed by atoms with Crippen LogP contribution >= 0.6 is 24.2 Å². The molecule has 2 atom stereocenters. The zero-order valence-corrected chi connectivity index (χ0v) is 18.2. The molecule has 0 aliphatic carbocycles. The van der Waals surface area contributed by atoms with Crippen LogP contribution in [0.15, 0.2) is 35.1 Å². The Hall–Kier alpha value is -1.63. The quantitative estimate of drug-likeness (QED) is 0.741. The summed E-state index contributed by atoms with van der Waals surface area (Å²) in [5.41, 5.74) is 4.25. The summed E-state index contributed by atoms with van der Waals surface area (Å²) >= 11 is 1.80. The van der Waals surface area contributed by atoms with E-state index in [9.17, 15) is 9.18 Å². The highest BCUT2D eigenvalue weighted by Gasteiger charge is 2.22. The molecule has 29 heavy (non-hydrogen) atoms. The summed E-state index contributed by atoms with van der Waals surface area (Å²) in [7, 11) is 0. The fourth-order valence-electron chi connectivity index (χ4n) is 4.01. The van der Waals surface area contributed by atoms with E-state index in [-0.39, 0.29) is 23.8 Å². The van der Waals surface area contributed by atoms with Crippen LogP contribution in [0.1, 0.15) is 42.4 Å². The fraction of sp³-hybridized carbons (Fsp3) is 0.455. The molecule has 7 heteroatoms. The minimum Gasteiger partial charge on any atom is -0.310 e. The van der Waals surface area contributed by atoms with E-state index in [2.05, 4.69) is 23.3 Å². The number of benzene rings is 1. The van der Waals surface area contributed by atoms with E-state index in [1.165, 1.54) is 17.7 Å². The van der Waals surface area contributed by atoms with Gasteiger partial charge in [0.1, 0.15) is 11.6 Å². The monoisotopic (exact) mass is 435 g/mol. The van der Waals surface area contributed by atoms with Crippen molar-refractivity contribution in [1.29, 1.82) is 0 Å². The van der Waals surface area contributed by atoms with Crippen molar-refractivity contribution in [2.24, 2.45) is 5.92 Å². The van der Waals surface area contributed by atoms with Crippen molar-refractivity contribution in [2.45, 2.75) is 44.4 Å². The lowest BCUT2D eigenvalue weighted by Gasteiger charge is -2.29. The highest BCUT2D eigenvalue weighted by atomic mass is 35.5. The number of aromatic nitrogens is 2. The van der Waals surface area contributed by atoms with Crippen molar-refractivity contribution in [3.05, 3.63) is 69.2 Å². The van der Waals surface area contributed by atoms with E-state index in [0.29, 0.717) is 12.0 Å². The number of halogens is 2. The Morgan fingerprint density at radius 3 is 2.90 bits per heavy atom. The highest BCUT2D eigenvalue weighted by molar-refractivity contribution is 7.98. The third-order valence-electron chi connectivity index (χ3n) is 5.79. The number of nitrogens with one attached hydrogen (secondary N) is 2. The second-order valence-electron chi connectivity index (χ2n) is 7.71. The molecule has 156 valence electrons. The van der Waals surface area contributed by atoms with Crippen molar-refractivity contribution in [1.82, 2.24) is 15.3 Å². The lowest BCUT2D eigenvalue weighted by molar-refractivity contribution is 0.364. The SMILES string of the molecule is CC(CCc1nc2c(c(=O)[nH]1)CSCC2)C1CC(c2ccc(F)cc2)=CCN1.Cl. The van der Waals surface area contributed by atoms with Gasteiger partial charge < -0.3 is 10.3 Å². The maximum absolute atomic E-state index is 13.2. The zero-order chi connectivity index (χ0) is 19.5. The molecular formula is C22H27ClFN3OS. The Morgan fingerprint density at radius 2 is 2.10 bits per heavy atom. The van der Waals surface area contributed by atoms with Gasteiger partial charge in [0, 0.05) is 30.3 Å². The summed E-state index contributed by atoms with van der Waals surface area (Å²) in [6.45, 7) is 3.08. The second-order valence-corrected chi connectivity index (χ2v) is 8.82. The molecule has 0 saturated carbocycles.